The molecule has 0 aromatic rings. The number of nitrogens with two attached hydrogens (primary N) is 1. The molecule has 4 nitrogen and oxygen atoms in total. The second kappa shape index (κ2) is 5.49. The van der Waals surface area contributed by atoms with Crippen molar-refractivity contribution in [2.24, 2.45) is 11.1 Å². The van der Waals surface area contributed by atoms with E-state index >= 15 is 0 Å². The lowest BCUT2D eigenvalue weighted by Crippen LogP contribution is -2.40. The Kier molecular flexibility index (Phi) is 4.55. The molecule has 1 aliphatic rings. The Morgan fingerprint density at radius 2 is 2.19 bits per heavy atom. The lowest BCUT2D eigenvalue weighted by molar-refractivity contribution is -0.124. The van der Waals surface area contributed by atoms with Gasteiger partial charge in [0, 0.05) is 6.54 Å². The summed E-state index contributed by atoms with van der Waals surface area (Å²) in [5.74, 6) is -0.236. The summed E-state index contributed by atoms with van der Waals surface area (Å²) in [6.45, 7) is -0.365. The van der Waals surface area contributed by atoms with Gasteiger partial charge in [0.15, 0.2) is 0 Å². The normalized spacial score (nSPS) is 17.2. The summed E-state index contributed by atoms with van der Waals surface area (Å²) in [5, 5.41) is 2.56. The summed E-state index contributed by atoms with van der Waals surface area (Å²) in [5.41, 5.74) is 4.75. The zero-order valence-electron chi connectivity index (χ0n) is 8.67. The van der Waals surface area contributed by atoms with Gasteiger partial charge in [-0.2, -0.15) is 0 Å². The Morgan fingerprint density at radius 3 is 2.62 bits per heavy atom. The van der Waals surface area contributed by atoms with Crippen molar-refractivity contribution in [1.29, 1.82) is 0 Å². The van der Waals surface area contributed by atoms with E-state index in [0.717, 1.165) is 0 Å². The summed E-state index contributed by atoms with van der Waals surface area (Å²) in [6, 6.07) is 0. The minimum Gasteiger partial charge on any atom is -0.392 e. The predicted molar refractivity (Wildman–Crippen MR) is 58.3 cm³/mol. The second-order valence-electron chi connectivity index (χ2n) is 3.67. The average Bonchev–Trinajstić information content (AvgIpc) is 2.96. The first-order valence-corrected chi connectivity index (χ1v) is 5.34. The third kappa shape index (κ3) is 3.34. The predicted octanol–water partition coefficient (Wildman–Crippen LogP) is 0.451. The molecule has 0 saturated heterocycles. The number of ether oxygens (including phenoxy) is 1. The average molecular weight is 252 g/mol. The number of nitrogens with one attached hydrogen (secondary N) is 1. The molecule has 1 amide bonds. The topological polar surface area (TPSA) is 64.4 Å². The standard InChI is InChI=1S/C9H14F2N2O2S/c10-6(11)5-15-4-3-13-8(14)9(1-2-9)7(12)16/h6H,1-5H2,(H2,12,16)(H,13,14). The molecule has 1 saturated carbocycles. The first-order valence-electron chi connectivity index (χ1n) is 4.93. The number of carbonyl (C=O) groups is 1. The van der Waals surface area contributed by atoms with Gasteiger partial charge >= 0.3 is 0 Å². The number of thiocarbonyl (C=S) groups is 1. The molecule has 0 aliphatic heterocycles. The molecule has 0 unspecified atom stereocenters. The highest BCUT2D eigenvalue weighted by molar-refractivity contribution is 7.80. The van der Waals surface area contributed by atoms with Crippen LogP contribution in [0.15, 0.2) is 0 Å². The zero-order chi connectivity index (χ0) is 12.2. The van der Waals surface area contributed by atoms with Crippen molar-refractivity contribution < 1.29 is 18.3 Å². The molecule has 1 aliphatic carbocycles. The van der Waals surface area contributed by atoms with Gasteiger partial charge in [0.1, 0.15) is 6.61 Å². The molecule has 0 spiro atoms. The lowest BCUT2D eigenvalue weighted by atomic mass is 10.1. The van der Waals surface area contributed by atoms with E-state index in [9.17, 15) is 13.6 Å². The number of alkyl halides is 2. The van der Waals surface area contributed by atoms with Crippen LogP contribution in [0.3, 0.4) is 0 Å². The minimum absolute atomic E-state index is 0.0590. The van der Waals surface area contributed by atoms with Crippen LogP contribution in [0.1, 0.15) is 12.8 Å². The van der Waals surface area contributed by atoms with E-state index in [1.807, 2.05) is 0 Å². The molecule has 0 radical (unpaired) electrons. The van der Waals surface area contributed by atoms with Gasteiger partial charge in [-0.25, -0.2) is 8.78 Å². The number of carbonyl (C=O) groups excluding carboxylic acids is 1. The van der Waals surface area contributed by atoms with Crippen LogP contribution in [0.2, 0.25) is 0 Å². The molecular weight excluding hydrogens is 238 g/mol. The van der Waals surface area contributed by atoms with Gasteiger partial charge in [0.25, 0.3) is 6.43 Å². The van der Waals surface area contributed by atoms with Gasteiger partial charge in [0.2, 0.25) is 5.91 Å². The number of hydrogen-bond donors (Lipinski definition) is 2. The van der Waals surface area contributed by atoms with E-state index in [4.69, 9.17) is 18.0 Å². The fourth-order valence-electron chi connectivity index (χ4n) is 1.29. The van der Waals surface area contributed by atoms with Crippen LogP contribution >= 0.6 is 12.2 Å². The highest BCUT2D eigenvalue weighted by Gasteiger charge is 2.52. The zero-order valence-corrected chi connectivity index (χ0v) is 9.49. The Bertz CT molecular complexity index is 283. The molecule has 0 aromatic heterocycles. The first kappa shape index (κ1) is 13.2. The van der Waals surface area contributed by atoms with Crippen LogP contribution in [0, 0.1) is 5.41 Å². The van der Waals surface area contributed by atoms with Gasteiger partial charge in [0.05, 0.1) is 17.0 Å². The maximum absolute atomic E-state index is 11.7. The molecular formula is C9H14F2N2O2S. The van der Waals surface area contributed by atoms with E-state index in [-0.39, 0.29) is 24.0 Å². The van der Waals surface area contributed by atoms with E-state index in [1.165, 1.54) is 0 Å². The minimum atomic E-state index is -2.48. The van der Waals surface area contributed by atoms with Crippen molar-refractivity contribution in [2.45, 2.75) is 19.3 Å². The SMILES string of the molecule is NC(=S)C1(C(=O)NCCOCC(F)F)CC1. The molecule has 1 rings (SSSR count). The summed E-state index contributed by atoms with van der Waals surface area (Å²) in [4.78, 5) is 11.8. The smallest absolute Gasteiger partial charge is 0.261 e. The summed E-state index contributed by atoms with van der Waals surface area (Å²) < 4.78 is 28.0. The molecule has 0 bridgehead atoms. The third-order valence-corrected chi connectivity index (χ3v) is 2.82. The summed E-state index contributed by atoms with van der Waals surface area (Å²) in [6.07, 6.45) is -1.17. The number of halogens is 2. The molecule has 1 fully saturated rings. The Hall–Kier alpha value is -0.820. The quantitative estimate of drug-likeness (QED) is 0.510. The van der Waals surface area contributed by atoms with E-state index in [0.29, 0.717) is 12.8 Å². The van der Waals surface area contributed by atoms with E-state index in [1.54, 1.807) is 0 Å². The van der Waals surface area contributed by atoms with Gasteiger partial charge in [-0.15, -0.1) is 0 Å². The fourth-order valence-corrected chi connectivity index (χ4v) is 1.59. The van der Waals surface area contributed by atoms with Crippen LogP contribution < -0.4 is 11.1 Å². The largest absolute Gasteiger partial charge is 0.392 e. The van der Waals surface area contributed by atoms with Gasteiger partial charge in [-0.3, -0.25) is 4.79 Å². The van der Waals surface area contributed by atoms with Crippen molar-refractivity contribution in [1.82, 2.24) is 5.32 Å². The van der Waals surface area contributed by atoms with E-state index < -0.39 is 18.4 Å². The van der Waals surface area contributed by atoms with E-state index in [2.05, 4.69) is 10.1 Å². The van der Waals surface area contributed by atoms with Crippen molar-refractivity contribution in [3.8, 4) is 0 Å². The van der Waals surface area contributed by atoms with Gasteiger partial charge in [-0.05, 0) is 12.8 Å². The van der Waals surface area contributed by atoms with Crippen molar-refractivity contribution in [2.75, 3.05) is 19.8 Å². The molecule has 7 heteroatoms. The van der Waals surface area contributed by atoms with Gasteiger partial charge < -0.3 is 15.8 Å². The van der Waals surface area contributed by atoms with Crippen LogP contribution in [0.4, 0.5) is 8.78 Å². The Balaban J connectivity index is 2.14. The summed E-state index contributed by atoms with van der Waals surface area (Å²) in [7, 11) is 0. The molecule has 92 valence electrons. The number of amides is 1. The molecule has 0 aromatic carbocycles. The van der Waals surface area contributed by atoms with Crippen molar-refractivity contribution >= 4 is 23.1 Å². The molecule has 3 N–H and O–H groups in total. The highest BCUT2D eigenvalue weighted by atomic mass is 32.1. The maximum Gasteiger partial charge on any atom is 0.261 e. The van der Waals surface area contributed by atoms with Gasteiger partial charge in [-0.1, -0.05) is 12.2 Å². The molecule has 0 atom stereocenters. The first-order chi connectivity index (χ1) is 7.49. The lowest BCUT2D eigenvalue weighted by Gasteiger charge is -2.13. The molecule has 16 heavy (non-hydrogen) atoms. The van der Waals surface area contributed by atoms with Crippen LogP contribution in [-0.2, 0) is 9.53 Å². The van der Waals surface area contributed by atoms with Crippen LogP contribution in [-0.4, -0.2) is 37.1 Å². The van der Waals surface area contributed by atoms with Crippen LogP contribution in [0.5, 0.6) is 0 Å². The second-order valence-corrected chi connectivity index (χ2v) is 4.11. The monoisotopic (exact) mass is 252 g/mol. The third-order valence-electron chi connectivity index (χ3n) is 2.43. The molecule has 0 heterocycles. The maximum atomic E-state index is 11.7. The van der Waals surface area contributed by atoms with Crippen LogP contribution in [0.25, 0.3) is 0 Å². The van der Waals surface area contributed by atoms with Crippen molar-refractivity contribution in [3.05, 3.63) is 0 Å². The highest BCUT2D eigenvalue weighted by Crippen LogP contribution is 2.46. The summed E-state index contributed by atoms with van der Waals surface area (Å²) >= 11 is 4.79. The Morgan fingerprint density at radius 1 is 1.56 bits per heavy atom. The Labute approximate surface area is 97.5 Å². The van der Waals surface area contributed by atoms with Crippen molar-refractivity contribution in [3.63, 3.8) is 0 Å². The number of rotatable bonds is 7. The number of hydrogen-bond acceptors (Lipinski definition) is 3. The fraction of sp³-hybridized carbons (Fsp3) is 0.778.